The highest BCUT2D eigenvalue weighted by Gasteiger charge is 2.25. The minimum absolute atomic E-state index is 0.125. The number of esters is 1. The third kappa shape index (κ3) is 5.41. The van der Waals surface area contributed by atoms with Gasteiger partial charge in [0.1, 0.15) is 5.75 Å². The number of carbonyl (C=O) groups is 2. The van der Waals surface area contributed by atoms with Gasteiger partial charge in [-0.1, -0.05) is 26.0 Å². The SMILES string of the molecule is COc1ccc(/C=C/C(=O)OCC(=O)N2CC(C)CC(C)C2)cc1. The summed E-state index contributed by atoms with van der Waals surface area (Å²) >= 11 is 0. The number of ether oxygens (including phenoxy) is 2. The average Bonchev–Trinajstić information content (AvgIpc) is 2.57. The van der Waals surface area contributed by atoms with Crippen LogP contribution in [0.3, 0.4) is 0 Å². The van der Waals surface area contributed by atoms with Gasteiger partial charge in [0.25, 0.3) is 5.91 Å². The van der Waals surface area contributed by atoms with Gasteiger partial charge in [0.15, 0.2) is 6.61 Å². The summed E-state index contributed by atoms with van der Waals surface area (Å²) in [4.78, 5) is 25.7. The molecule has 2 atom stereocenters. The first-order valence-corrected chi connectivity index (χ1v) is 8.24. The van der Waals surface area contributed by atoms with E-state index in [-0.39, 0.29) is 12.5 Å². The summed E-state index contributed by atoms with van der Waals surface area (Å²) in [6.45, 7) is 5.55. The second kappa shape index (κ2) is 8.52. The molecule has 130 valence electrons. The summed E-state index contributed by atoms with van der Waals surface area (Å²) in [6, 6.07) is 7.30. The minimum atomic E-state index is -0.516. The molecular formula is C19H25NO4. The lowest BCUT2D eigenvalue weighted by molar-refractivity contribution is -0.149. The number of benzene rings is 1. The van der Waals surface area contributed by atoms with Crippen molar-refractivity contribution in [3.05, 3.63) is 35.9 Å². The van der Waals surface area contributed by atoms with Gasteiger partial charge < -0.3 is 14.4 Å². The highest BCUT2D eigenvalue weighted by molar-refractivity contribution is 5.89. The lowest BCUT2D eigenvalue weighted by atomic mass is 9.92. The van der Waals surface area contributed by atoms with Crippen LogP contribution >= 0.6 is 0 Å². The summed E-state index contributed by atoms with van der Waals surface area (Å²) in [7, 11) is 1.60. The van der Waals surface area contributed by atoms with Crippen molar-refractivity contribution in [1.82, 2.24) is 4.90 Å². The summed E-state index contributed by atoms with van der Waals surface area (Å²) in [5.74, 6) is 1.09. The van der Waals surface area contributed by atoms with Crippen LogP contribution in [0, 0.1) is 11.8 Å². The fraction of sp³-hybridized carbons (Fsp3) is 0.474. The molecule has 2 rings (SSSR count). The zero-order valence-electron chi connectivity index (χ0n) is 14.5. The quantitative estimate of drug-likeness (QED) is 0.615. The van der Waals surface area contributed by atoms with Crippen LogP contribution in [-0.4, -0.2) is 43.6 Å². The molecule has 1 amide bonds. The van der Waals surface area contributed by atoms with Crippen molar-refractivity contribution in [3.8, 4) is 5.75 Å². The normalized spacial score (nSPS) is 20.9. The maximum absolute atomic E-state index is 12.1. The largest absolute Gasteiger partial charge is 0.497 e. The molecule has 1 aliphatic rings. The Morgan fingerprint density at radius 1 is 1.17 bits per heavy atom. The molecule has 0 N–H and O–H groups in total. The molecule has 0 radical (unpaired) electrons. The number of nitrogens with zero attached hydrogens (tertiary/aromatic N) is 1. The van der Waals surface area contributed by atoms with E-state index in [0.29, 0.717) is 11.8 Å². The lowest BCUT2D eigenvalue weighted by Gasteiger charge is -2.34. The fourth-order valence-electron chi connectivity index (χ4n) is 3.02. The molecule has 0 bridgehead atoms. The molecule has 1 fully saturated rings. The third-order valence-electron chi connectivity index (χ3n) is 4.09. The highest BCUT2D eigenvalue weighted by atomic mass is 16.5. The third-order valence-corrected chi connectivity index (χ3v) is 4.09. The molecule has 1 saturated heterocycles. The number of rotatable bonds is 5. The Labute approximate surface area is 143 Å². The van der Waals surface area contributed by atoms with Gasteiger partial charge in [-0.25, -0.2) is 4.79 Å². The summed E-state index contributed by atoms with van der Waals surface area (Å²) in [5, 5.41) is 0. The van der Waals surface area contributed by atoms with Crippen LogP contribution in [0.1, 0.15) is 25.8 Å². The molecule has 1 aromatic carbocycles. The minimum Gasteiger partial charge on any atom is -0.497 e. The summed E-state index contributed by atoms with van der Waals surface area (Å²) in [5.41, 5.74) is 0.859. The molecule has 24 heavy (non-hydrogen) atoms. The van der Waals surface area contributed by atoms with Gasteiger partial charge in [0.05, 0.1) is 7.11 Å². The van der Waals surface area contributed by atoms with Crippen molar-refractivity contribution in [2.24, 2.45) is 11.8 Å². The second-order valence-electron chi connectivity index (χ2n) is 6.46. The van der Waals surface area contributed by atoms with Gasteiger partial charge >= 0.3 is 5.97 Å². The molecule has 1 heterocycles. The van der Waals surface area contributed by atoms with E-state index in [4.69, 9.17) is 9.47 Å². The maximum atomic E-state index is 12.1. The number of hydrogen-bond donors (Lipinski definition) is 0. The van der Waals surface area contributed by atoms with E-state index in [0.717, 1.165) is 30.8 Å². The Bertz CT molecular complexity index is 584. The maximum Gasteiger partial charge on any atom is 0.331 e. The predicted octanol–water partition coefficient (Wildman–Crippen LogP) is 2.76. The van der Waals surface area contributed by atoms with Crippen LogP contribution in [0.15, 0.2) is 30.3 Å². The van der Waals surface area contributed by atoms with E-state index in [9.17, 15) is 9.59 Å². The first-order valence-electron chi connectivity index (χ1n) is 8.24. The molecule has 5 heteroatoms. The van der Waals surface area contributed by atoms with Crippen LogP contribution in [-0.2, 0) is 14.3 Å². The van der Waals surface area contributed by atoms with Crippen LogP contribution in [0.2, 0.25) is 0 Å². The average molecular weight is 331 g/mol. The lowest BCUT2D eigenvalue weighted by Crippen LogP contribution is -2.44. The van der Waals surface area contributed by atoms with Crippen molar-refractivity contribution >= 4 is 18.0 Å². The number of hydrogen-bond acceptors (Lipinski definition) is 4. The second-order valence-corrected chi connectivity index (χ2v) is 6.46. The molecule has 1 aliphatic heterocycles. The summed E-state index contributed by atoms with van der Waals surface area (Å²) < 4.78 is 10.1. The molecule has 5 nitrogen and oxygen atoms in total. The van der Waals surface area contributed by atoms with Crippen LogP contribution in [0.25, 0.3) is 6.08 Å². The molecular weight excluding hydrogens is 306 g/mol. The van der Waals surface area contributed by atoms with Crippen molar-refractivity contribution in [2.75, 3.05) is 26.8 Å². The van der Waals surface area contributed by atoms with Gasteiger partial charge in [0, 0.05) is 19.2 Å². The van der Waals surface area contributed by atoms with E-state index in [2.05, 4.69) is 13.8 Å². The molecule has 0 aromatic heterocycles. The molecule has 0 aliphatic carbocycles. The first-order chi connectivity index (χ1) is 11.5. The van der Waals surface area contributed by atoms with Crippen LogP contribution in [0.5, 0.6) is 5.75 Å². The standard InChI is InChI=1S/C19H25NO4/c1-14-10-15(2)12-20(11-14)18(21)13-24-19(22)9-6-16-4-7-17(23-3)8-5-16/h4-9,14-15H,10-13H2,1-3H3/b9-6+. The Morgan fingerprint density at radius 2 is 1.79 bits per heavy atom. The van der Waals surface area contributed by atoms with Gasteiger partial charge in [-0.05, 0) is 42.0 Å². The van der Waals surface area contributed by atoms with E-state index in [1.807, 2.05) is 24.3 Å². The van der Waals surface area contributed by atoms with Gasteiger partial charge in [-0.3, -0.25) is 4.79 Å². The number of methoxy groups -OCH3 is 1. The predicted molar refractivity (Wildman–Crippen MR) is 92.5 cm³/mol. The molecule has 1 aromatic rings. The number of amides is 1. The smallest absolute Gasteiger partial charge is 0.331 e. The van der Waals surface area contributed by atoms with E-state index >= 15 is 0 Å². The van der Waals surface area contributed by atoms with Crippen molar-refractivity contribution in [3.63, 3.8) is 0 Å². The van der Waals surface area contributed by atoms with E-state index < -0.39 is 5.97 Å². The topological polar surface area (TPSA) is 55.8 Å². The Morgan fingerprint density at radius 3 is 2.38 bits per heavy atom. The molecule has 0 spiro atoms. The van der Waals surface area contributed by atoms with E-state index in [1.54, 1.807) is 18.1 Å². The van der Waals surface area contributed by atoms with Crippen LogP contribution in [0.4, 0.5) is 0 Å². The Hall–Kier alpha value is -2.30. The van der Waals surface area contributed by atoms with Crippen molar-refractivity contribution < 1.29 is 19.1 Å². The van der Waals surface area contributed by atoms with Gasteiger partial charge in [-0.15, -0.1) is 0 Å². The zero-order chi connectivity index (χ0) is 17.5. The monoisotopic (exact) mass is 331 g/mol. The van der Waals surface area contributed by atoms with Crippen LogP contribution < -0.4 is 4.74 Å². The van der Waals surface area contributed by atoms with Crippen molar-refractivity contribution in [1.29, 1.82) is 0 Å². The first kappa shape index (κ1) is 18.0. The van der Waals surface area contributed by atoms with Gasteiger partial charge in [-0.2, -0.15) is 0 Å². The fourth-order valence-corrected chi connectivity index (χ4v) is 3.02. The zero-order valence-corrected chi connectivity index (χ0v) is 14.5. The Kier molecular flexibility index (Phi) is 6.41. The van der Waals surface area contributed by atoms with Gasteiger partial charge in [0.2, 0.25) is 0 Å². The molecule has 0 saturated carbocycles. The number of carbonyl (C=O) groups excluding carboxylic acids is 2. The number of likely N-dealkylation sites (tertiary alicyclic amines) is 1. The van der Waals surface area contributed by atoms with Crippen molar-refractivity contribution in [2.45, 2.75) is 20.3 Å². The summed E-state index contributed by atoms with van der Waals surface area (Å²) in [6.07, 6.45) is 4.11. The molecule has 2 unspecified atom stereocenters. The number of piperidine rings is 1. The Balaban J connectivity index is 1.79. The highest BCUT2D eigenvalue weighted by Crippen LogP contribution is 2.20. The van der Waals surface area contributed by atoms with E-state index in [1.165, 1.54) is 6.08 Å².